The first-order valence-corrected chi connectivity index (χ1v) is 9.40. The Morgan fingerprint density at radius 3 is 2.03 bits per heavy atom. The van der Waals surface area contributed by atoms with Crippen molar-refractivity contribution in [2.24, 2.45) is 0 Å². The van der Waals surface area contributed by atoms with Crippen molar-refractivity contribution in [3.63, 3.8) is 0 Å². The van der Waals surface area contributed by atoms with E-state index >= 15 is 0 Å². The second kappa shape index (κ2) is 8.39. The van der Waals surface area contributed by atoms with E-state index in [9.17, 15) is 13.2 Å². The highest BCUT2D eigenvalue weighted by atomic mass is 19.3. The summed E-state index contributed by atoms with van der Waals surface area (Å²) < 4.78 is 43.4. The minimum Gasteiger partial charge on any atom is -0.435 e. The van der Waals surface area contributed by atoms with Crippen molar-refractivity contribution in [3.05, 3.63) is 102 Å². The molecule has 0 fully saturated rings. The van der Waals surface area contributed by atoms with Gasteiger partial charge in [0.25, 0.3) is 0 Å². The van der Waals surface area contributed by atoms with Gasteiger partial charge in [-0.15, -0.1) is 0 Å². The maximum atomic E-state index is 14.6. The Balaban J connectivity index is 1.46. The van der Waals surface area contributed by atoms with Crippen LogP contribution in [-0.2, 0) is 12.8 Å². The van der Waals surface area contributed by atoms with Crippen LogP contribution in [0.3, 0.4) is 0 Å². The lowest BCUT2D eigenvalue weighted by atomic mass is 9.98. The first kappa shape index (κ1) is 19.1. The van der Waals surface area contributed by atoms with Crippen LogP contribution in [0.15, 0.2) is 84.9 Å². The third-order valence-electron chi connectivity index (χ3n) is 4.94. The summed E-state index contributed by atoms with van der Waals surface area (Å²) in [6, 6.07) is 25.7. The molecule has 29 heavy (non-hydrogen) atoms. The number of fused-ring (bicyclic) bond motifs is 1. The predicted octanol–water partition coefficient (Wildman–Crippen LogP) is 7.03. The molecular formula is C25H19F3O. The second-order valence-electron chi connectivity index (χ2n) is 6.90. The van der Waals surface area contributed by atoms with Crippen molar-refractivity contribution in [3.8, 4) is 16.9 Å². The summed E-state index contributed by atoms with van der Waals surface area (Å²) in [6.07, 6.45) is 1.56. The molecule has 0 aromatic heterocycles. The lowest BCUT2D eigenvalue weighted by Gasteiger charge is -2.09. The van der Waals surface area contributed by atoms with E-state index in [0.29, 0.717) is 11.1 Å². The van der Waals surface area contributed by atoms with Gasteiger partial charge in [0.1, 0.15) is 11.6 Å². The Hall–Kier alpha value is -3.27. The van der Waals surface area contributed by atoms with Crippen LogP contribution in [0.4, 0.5) is 13.2 Å². The van der Waals surface area contributed by atoms with Crippen molar-refractivity contribution in [1.82, 2.24) is 0 Å². The molecule has 0 saturated carbocycles. The van der Waals surface area contributed by atoms with Gasteiger partial charge in [-0.05, 0) is 58.5 Å². The van der Waals surface area contributed by atoms with E-state index in [-0.39, 0.29) is 11.6 Å². The summed E-state index contributed by atoms with van der Waals surface area (Å²) >= 11 is 0. The maximum Gasteiger partial charge on any atom is 0.387 e. The van der Waals surface area contributed by atoms with Gasteiger partial charge in [0, 0.05) is 5.56 Å². The Morgan fingerprint density at radius 2 is 1.34 bits per heavy atom. The summed E-state index contributed by atoms with van der Waals surface area (Å²) in [5.41, 5.74) is 3.17. The fourth-order valence-corrected chi connectivity index (χ4v) is 3.45. The molecule has 0 aliphatic carbocycles. The number of aryl methyl sites for hydroxylation is 2. The number of halogens is 3. The highest BCUT2D eigenvalue weighted by Crippen LogP contribution is 2.27. The van der Waals surface area contributed by atoms with Crippen molar-refractivity contribution in [1.29, 1.82) is 0 Å². The van der Waals surface area contributed by atoms with Crippen LogP contribution in [0.2, 0.25) is 0 Å². The van der Waals surface area contributed by atoms with E-state index in [0.717, 1.165) is 18.4 Å². The molecule has 0 saturated heterocycles. The van der Waals surface area contributed by atoms with Gasteiger partial charge in [0.2, 0.25) is 0 Å². The number of hydrogen-bond donors (Lipinski definition) is 0. The molecule has 0 atom stereocenters. The first-order valence-electron chi connectivity index (χ1n) is 9.40. The summed E-state index contributed by atoms with van der Waals surface area (Å²) in [4.78, 5) is 0. The van der Waals surface area contributed by atoms with Crippen molar-refractivity contribution < 1.29 is 17.9 Å². The molecule has 0 bridgehead atoms. The highest BCUT2D eigenvalue weighted by molar-refractivity contribution is 5.83. The monoisotopic (exact) mass is 392 g/mol. The molecule has 0 aliphatic heterocycles. The minimum atomic E-state index is -2.88. The second-order valence-corrected chi connectivity index (χ2v) is 6.90. The van der Waals surface area contributed by atoms with Crippen LogP contribution < -0.4 is 4.74 Å². The zero-order valence-corrected chi connectivity index (χ0v) is 15.6. The number of alkyl halides is 2. The topological polar surface area (TPSA) is 9.23 Å². The van der Waals surface area contributed by atoms with Crippen molar-refractivity contribution in [2.45, 2.75) is 19.5 Å². The molecule has 146 valence electrons. The number of hydrogen-bond acceptors (Lipinski definition) is 1. The van der Waals surface area contributed by atoms with Crippen LogP contribution in [0, 0.1) is 5.82 Å². The van der Waals surface area contributed by atoms with Gasteiger partial charge in [-0.2, -0.15) is 8.78 Å². The number of ether oxygens (including phenoxy) is 1. The predicted molar refractivity (Wildman–Crippen MR) is 110 cm³/mol. The molecular weight excluding hydrogens is 373 g/mol. The Labute approximate surface area is 167 Å². The molecule has 0 N–H and O–H groups in total. The molecule has 1 nitrogen and oxygen atoms in total. The number of rotatable bonds is 6. The zero-order chi connectivity index (χ0) is 20.2. The lowest BCUT2D eigenvalue weighted by molar-refractivity contribution is -0.0498. The quantitative estimate of drug-likeness (QED) is 0.342. The normalized spacial score (nSPS) is 11.2. The molecule has 0 aliphatic rings. The summed E-state index contributed by atoms with van der Waals surface area (Å²) in [7, 11) is 0. The molecule has 0 unspecified atom stereocenters. The van der Waals surface area contributed by atoms with E-state index in [1.54, 1.807) is 24.3 Å². The Bertz CT molecular complexity index is 1120. The van der Waals surface area contributed by atoms with E-state index in [2.05, 4.69) is 35.1 Å². The minimum absolute atomic E-state index is 0.0520. The van der Waals surface area contributed by atoms with Gasteiger partial charge in [0.15, 0.2) is 0 Å². The van der Waals surface area contributed by atoms with Crippen LogP contribution in [0.5, 0.6) is 5.75 Å². The van der Waals surface area contributed by atoms with Crippen LogP contribution in [0.1, 0.15) is 11.1 Å². The number of benzene rings is 4. The molecule has 4 aromatic rings. The zero-order valence-electron chi connectivity index (χ0n) is 15.6. The molecule has 4 aromatic carbocycles. The lowest BCUT2D eigenvalue weighted by Crippen LogP contribution is -2.01. The Morgan fingerprint density at radius 1 is 0.690 bits per heavy atom. The van der Waals surface area contributed by atoms with Gasteiger partial charge < -0.3 is 4.74 Å². The average molecular weight is 392 g/mol. The SMILES string of the molecule is Fc1cc(CCc2ccc3ccccc3c2)ccc1-c1ccc(OC(F)F)cc1. The molecule has 0 spiro atoms. The molecule has 0 heterocycles. The third kappa shape index (κ3) is 4.60. The molecule has 0 amide bonds. The average Bonchev–Trinajstić information content (AvgIpc) is 2.72. The first-order chi connectivity index (χ1) is 14.1. The summed E-state index contributed by atoms with van der Waals surface area (Å²) in [6.45, 7) is -2.88. The molecule has 0 radical (unpaired) electrons. The fourth-order valence-electron chi connectivity index (χ4n) is 3.45. The van der Waals surface area contributed by atoms with Crippen LogP contribution >= 0.6 is 0 Å². The summed E-state index contributed by atoms with van der Waals surface area (Å²) in [5, 5.41) is 2.41. The van der Waals surface area contributed by atoms with E-state index in [4.69, 9.17) is 0 Å². The van der Waals surface area contributed by atoms with Gasteiger partial charge in [-0.3, -0.25) is 0 Å². The van der Waals surface area contributed by atoms with Crippen molar-refractivity contribution >= 4 is 10.8 Å². The standard InChI is InChI=1S/C25H19F3O/c26-24-16-18(6-5-17-7-9-19-3-1-2-4-21(19)15-17)8-14-23(24)20-10-12-22(13-11-20)29-25(27)28/h1-4,7-16,25H,5-6H2. The largest absolute Gasteiger partial charge is 0.435 e. The summed E-state index contributed by atoms with van der Waals surface area (Å²) in [5.74, 6) is -0.278. The van der Waals surface area contributed by atoms with Gasteiger partial charge >= 0.3 is 6.61 Å². The highest BCUT2D eigenvalue weighted by Gasteiger charge is 2.09. The smallest absolute Gasteiger partial charge is 0.387 e. The van der Waals surface area contributed by atoms with E-state index in [1.165, 1.54) is 28.5 Å². The maximum absolute atomic E-state index is 14.6. The Kier molecular flexibility index (Phi) is 5.52. The van der Waals surface area contributed by atoms with E-state index < -0.39 is 6.61 Å². The van der Waals surface area contributed by atoms with E-state index in [1.807, 2.05) is 18.2 Å². The van der Waals surface area contributed by atoms with Gasteiger partial charge in [0.05, 0.1) is 0 Å². The molecule has 4 rings (SSSR count). The van der Waals surface area contributed by atoms with Crippen molar-refractivity contribution in [2.75, 3.05) is 0 Å². The van der Waals surface area contributed by atoms with Crippen LogP contribution in [0.25, 0.3) is 21.9 Å². The van der Waals surface area contributed by atoms with Crippen LogP contribution in [-0.4, -0.2) is 6.61 Å². The van der Waals surface area contributed by atoms with Gasteiger partial charge in [-0.25, -0.2) is 4.39 Å². The third-order valence-corrected chi connectivity index (χ3v) is 4.94. The van der Waals surface area contributed by atoms with Gasteiger partial charge in [-0.1, -0.05) is 66.7 Å². The molecule has 4 heteroatoms. The fraction of sp³-hybridized carbons (Fsp3) is 0.120.